The average molecular weight is 415 g/mol. The Morgan fingerprint density at radius 3 is 1.48 bits per heavy atom. The fourth-order valence-corrected chi connectivity index (χ4v) is 6.32. The molecule has 0 spiro atoms. The molecule has 0 bridgehead atoms. The van der Waals surface area contributed by atoms with Crippen LogP contribution >= 0.6 is 22.7 Å². The van der Waals surface area contributed by atoms with Gasteiger partial charge in [-0.3, -0.25) is 9.97 Å². The number of hydrogen-bond donors (Lipinski definition) is 0. The predicted molar refractivity (Wildman–Crippen MR) is 125 cm³/mol. The van der Waals surface area contributed by atoms with Gasteiger partial charge in [0.15, 0.2) is 0 Å². The highest BCUT2D eigenvalue weighted by Gasteiger charge is 2.23. The number of hydrogen-bond acceptors (Lipinski definition) is 4. The van der Waals surface area contributed by atoms with Crippen LogP contribution in [0.3, 0.4) is 0 Å². The van der Waals surface area contributed by atoms with Gasteiger partial charge in [-0.15, -0.1) is 22.7 Å². The van der Waals surface area contributed by atoms with E-state index in [1.54, 1.807) is 11.1 Å². The molecule has 144 valence electrons. The summed E-state index contributed by atoms with van der Waals surface area (Å²) in [5, 5.41) is 0. The lowest BCUT2D eigenvalue weighted by molar-refractivity contribution is 0.941. The van der Waals surface area contributed by atoms with Gasteiger partial charge in [0.2, 0.25) is 0 Å². The maximum Gasteiger partial charge on any atom is 0.0352 e. The molecule has 0 fully saturated rings. The number of aryl methyl sites for hydroxylation is 2. The van der Waals surface area contributed by atoms with Gasteiger partial charge >= 0.3 is 0 Å². The summed E-state index contributed by atoms with van der Waals surface area (Å²) in [6, 6.07) is 13.2. The van der Waals surface area contributed by atoms with Crippen molar-refractivity contribution in [1.29, 1.82) is 0 Å². The van der Waals surface area contributed by atoms with Gasteiger partial charge < -0.3 is 0 Å². The molecular formula is C25H22N2S2. The summed E-state index contributed by atoms with van der Waals surface area (Å²) in [5.41, 5.74) is 8.47. The molecule has 0 amide bonds. The SMILES string of the molecule is Cc1sc(-c2ccncc2)cc1C1=C(c2cc(-c3ccncc3)sc2C)CCC1. The van der Waals surface area contributed by atoms with Crippen LogP contribution in [0.15, 0.2) is 61.2 Å². The molecule has 1 aliphatic rings. The standard InChI is InChI=1S/C25H22N2S2/c1-16-22(14-24(28-16)18-6-10-26-11-7-18)20-4-3-5-21(20)23-15-25(29-17(23)2)19-8-12-27-13-9-19/h6-15H,3-5H2,1-2H3. The molecule has 0 aromatic carbocycles. The van der Waals surface area contributed by atoms with Gasteiger partial charge in [-0.1, -0.05) is 0 Å². The van der Waals surface area contributed by atoms with Crippen LogP contribution in [0, 0.1) is 13.8 Å². The van der Waals surface area contributed by atoms with Crippen molar-refractivity contribution in [2.75, 3.05) is 0 Å². The van der Waals surface area contributed by atoms with E-state index in [4.69, 9.17) is 0 Å². The van der Waals surface area contributed by atoms with Crippen LogP contribution in [-0.2, 0) is 0 Å². The summed E-state index contributed by atoms with van der Waals surface area (Å²) in [4.78, 5) is 13.8. The molecule has 0 unspecified atom stereocenters. The first-order valence-electron chi connectivity index (χ1n) is 9.95. The lowest BCUT2D eigenvalue weighted by atomic mass is 9.97. The Morgan fingerprint density at radius 2 is 1.07 bits per heavy atom. The summed E-state index contributed by atoms with van der Waals surface area (Å²) in [6.45, 7) is 4.52. The average Bonchev–Trinajstić information content (AvgIpc) is 3.47. The summed E-state index contributed by atoms with van der Waals surface area (Å²) < 4.78 is 0. The first-order chi connectivity index (χ1) is 14.2. The molecule has 0 N–H and O–H groups in total. The lowest BCUT2D eigenvalue weighted by Crippen LogP contribution is -1.86. The monoisotopic (exact) mass is 414 g/mol. The van der Waals surface area contributed by atoms with Crippen molar-refractivity contribution >= 4 is 33.8 Å². The van der Waals surface area contributed by atoms with E-state index in [0.29, 0.717) is 0 Å². The van der Waals surface area contributed by atoms with Crippen LogP contribution in [0.2, 0.25) is 0 Å². The smallest absolute Gasteiger partial charge is 0.0352 e. The minimum Gasteiger partial charge on any atom is -0.265 e. The number of nitrogens with zero attached hydrogens (tertiary/aromatic N) is 2. The van der Waals surface area contributed by atoms with Crippen LogP contribution in [0.25, 0.3) is 32.0 Å². The predicted octanol–water partition coefficient (Wildman–Crippen LogP) is 7.65. The third-order valence-corrected chi connectivity index (χ3v) is 7.83. The Morgan fingerprint density at radius 1 is 0.655 bits per heavy atom. The van der Waals surface area contributed by atoms with Crippen molar-refractivity contribution in [2.24, 2.45) is 0 Å². The van der Waals surface area contributed by atoms with Gasteiger partial charge in [-0.25, -0.2) is 0 Å². The number of aromatic nitrogens is 2. The van der Waals surface area contributed by atoms with E-state index >= 15 is 0 Å². The molecule has 29 heavy (non-hydrogen) atoms. The second kappa shape index (κ2) is 7.69. The normalized spacial score (nSPS) is 14.0. The summed E-state index contributed by atoms with van der Waals surface area (Å²) >= 11 is 3.78. The van der Waals surface area contributed by atoms with Gasteiger partial charge in [0.05, 0.1) is 0 Å². The zero-order valence-corrected chi connectivity index (χ0v) is 18.2. The minimum atomic E-state index is 1.17. The van der Waals surface area contributed by atoms with E-state index in [2.05, 4.69) is 60.2 Å². The van der Waals surface area contributed by atoms with Crippen LogP contribution in [0.5, 0.6) is 0 Å². The highest BCUT2D eigenvalue weighted by atomic mass is 32.1. The molecule has 4 heterocycles. The highest BCUT2D eigenvalue weighted by Crippen LogP contribution is 2.47. The van der Waals surface area contributed by atoms with Crippen LogP contribution in [0.1, 0.15) is 40.1 Å². The molecule has 4 aromatic rings. The van der Waals surface area contributed by atoms with Crippen LogP contribution < -0.4 is 0 Å². The number of thiophene rings is 2. The topological polar surface area (TPSA) is 25.8 Å². The Balaban J connectivity index is 1.58. The molecule has 4 aromatic heterocycles. The number of pyridine rings is 2. The Bertz CT molecular complexity index is 1090. The molecule has 0 saturated heterocycles. The number of allylic oxidation sites excluding steroid dienone is 2. The first kappa shape index (κ1) is 18.5. The number of rotatable bonds is 4. The van der Waals surface area contributed by atoms with E-state index in [1.807, 2.05) is 47.5 Å². The fourth-order valence-electron chi connectivity index (χ4n) is 4.22. The van der Waals surface area contributed by atoms with Gasteiger partial charge in [0.1, 0.15) is 0 Å². The van der Waals surface area contributed by atoms with E-state index < -0.39 is 0 Å². The summed E-state index contributed by atoms with van der Waals surface area (Å²) in [6.07, 6.45) is 11.1. The quantitative estimate of drug-likeness (QED) is 0.343. The van der Waals surface area contributed by atoms with Crippen molar-refractivity contribution in [3.05, 3.63) is 82.1 Å². The van der Waals surface area contributed by atoms with Gasteiger partial charge in [-0.05, 0) is 103 Å². The van der Waals surface area contributed by atoms with E-state index in [0.717, 1.165) is 0 Å². The summed E-state index contributed by atoms with van der Waals surface area (Å²) in [5.74, 6) is 0. The molecule has 1 aliphatic carbocycles. The molecule has 5 rings (SSSR count). The molecule has 0 aliphatic heterocycles. The zero-order valence-electron chi connectivity index (χ0n) is 16.6. The lowest BCUT2D eigenvalue weighted by Gasteiger charge is -2.07. The van der Waals surface area contributed by atoms with E-state index in [-0.39, 0.29) is 0 Å². The van der Waals surface area contributed by atoms with Crippen molar-refractivity contribution < 1.29 is 0 Å². The molecule has 0 saturated carbocycles. The molecule has 0 atom stereocenters. The van der Waals surface area contributed by atoms with Gasteiger partial charge in [-0.2, -0.15) is 0 Å². The van der Waals surface area contributed by atoms with Crippen molar-refractivity contribution in [3.63, 3.8) is 0 Å². The Labute approximate surface area is 179 Å². The van der Waals surface area contributed by atoms with Gasteiger partial charge in [0.25, 0.3) is 0 Å². The van der Waals surface area contributed by atoms with E-state index in [1.165, 1.54) is 61.0 Å². The first-order valence-corrected chi connectivity index (χ1v) is 11.6. The molecule has 4 heteroatoms. The zero-order chi connectivity index (χ0) is 19.8. The second-order valence-corrected chi connectivity index (χ2v) is 9.96. The third-order valence-electron chi connectivity index (χ3n) is 5.63. The van der Waals surface area contributed by atoms with Crippen molar-refractivity contribution in [2.45, 2.75) is 33.1 Å². The Hall–Kier alpha value is -2.56. The van der Waals surface area contributed by atoms with Crippen LogP contribution in [-0.4, -0.2) is 9.97 Å². The third kappa shape index (κ3) is 3.47. The highest BCUT2D eigenvalue weighted by molar-refractivity contribution is 7.16. The fraction of sp³-hybridized carbons (Fsp3) is 0.200. The second-order valence-electron chi connectivity index (χ2n) is 7.44. The van der Waals surface area contributed by atoms with Crippen molar-refractivity contribution in [3.8, 4) is 20.9 Å². The maximum atomic E-state index is 4.16. The Kier molecular flexibility index (Phi) is 4.90. The summed E-state index contributed by atoms with van der Waals surface area (Å²) in [7, 11) is 0. The van der Waals surface area contributed by atoms with Crippen LogP contribution in [0.4, 0.5) is 0 Å². The van der Waals surface area contributed by atoms with Gasteiger partial charge in [0, 0.05) is 44.3 Å². The van der Waals surface area contributed by atoms with E-state index in [9.17, 15) is 0 Å². The molecule has 2 nitrogen and oxygen atoms in total. The molecular weight excluding hydrogens is 392 g/mol. The molecule has 0 radical (unpaired) electrons. The maximum absolute atomic E-state index is 4.16. The minimum absolute atomic E-state index is 1.17. The largest absolute Gasteiger partial charge is 0.265 e. The van der Waals surface area contributed by atoms with Crippen molar-refractivity contribution in [1.82, 2.24) is 9.97 Å².